The maximum Gasteiger partial charge on any atom is 0.357 e. The molecule has 1 rings (SSSR count). The highest BCUT2D eigenvalue weighted by atomic mass is 28.4. The minimum atomic E-state index is -2.82. The summed E-state index contributed by atoms with van der Waals surface area (Å²) in [6.45, 7) is 1.71. The van der Waals surface area contributed by atoms with Crippen molar-refractivity contribution in [2.75, 3.05) is 20.4 Å². The first-order valence-electron chi connectivity index (χ1n) is 6.14. The van der Waals surface area contributed by atoms with Crippen molar-refractivity contribution in [3.8, 4) is 0 Å². The quantitative estimate of drug-likeness (QED) is 0.373. The van der Waals surface area contributed by atoms with Gasteiger partial charge in [0.25, 0.3) is 5.91 Å². The second-order valence-corrected chi connectivity index (χ2v) is 8.00. The fourth-order valence-electron chi connectivity index (χ4n) is 1.75. The average Bonchev–Trinajstić information content (AvgIpc) is 2.53. The van der Waals surface area contributed by atoms with Gasteiger partial charge in [-0.25, -0.2) is 22.0 Å². The van der Waals surface area contributed by atoms with Crippen molar-refractivity contribution in [3.63, 3.8) is 0 Å². The molecule has 1 aromatic carbocycles. The van der Waals surface area contributed by atoms with Crippen molar-refractivity contribution < 1.29 is 35.6 Å². The van der Waals surface area contributed by atoms with Crippen LogP contribution in [0.3, 0.4) is 0 Å². The predicted molar refractivity (Wildman–Crippen MR) is 68.8 cm³/mol. The van der Waals surface area contributed by atoms with Gasteiger partial charge in [-0.1, -0.05) is 6.92 Å². The summed E-state index contributed by atoms with van der Waals surface area (Å²) in [6.07, 6.45) is -0.213. The first kappa shape index (κ1) is 18.5. The molecule has 0 aromatic heterocycles. The summed E-state index contributed by atoms with van der Waals surface area (Å²) in [5, 5.41) is 2.09. The molecular formula is C12H14F5NO3Si. The Morgan fingerprint density at radius 1 is 0.955 bits per heavy atom. The van der Waals surface area contributed by atoms with Gasteiger partial charge in [-0.3, -0.25) is 4.79 Å². The topological polar surface area (TPSA) is 47.6 Å². The fraction of sp³-hybridized carbons (Fsp3) is 0.417. The van der Waals surface area contributed by atoms with Crippen molar-refractivity contribution in [3.05, 3.63) is 34.6 Å². The minimum absolute atomic E-state index is 0.213. The van der Waals surface area contributed by atoms with E-state index in [1.54, 1.807) is 6.92 Å². The molecule has 0 bridgehead atoms. The Balaban J connectivity index is 3.10. The highest BCUT2D eigenvalue weighted by Gasteiger charge is 2.36. The van der Waals surface area contributed by atoms with Crippen LogP contribution >= 0.6 is 0 Å². The van der Waals surface area contributed by atoms with Gasteiger partial charge in [0.2, 0.25) is 5.82 Å². The summed E-state index contributed by atoms with van der Waals surface area (Å²) in [4.78, 5) is 11.8. The molecule has 0 aliphatic heterocycles. The molecule has 0 radical (unpaired) electrons. The van der Waals surface area contributed by atoms with Gasteiger partial charge in [0.15, 0.2) is 23.3 Å². The number of hydrogen-bond acceptors (Lipinski definition) is 3. The maximum absolute atomic E-state index is 13.5. The lowest BCUT2D eigenvalue weighted by Crippen LogP contribution is -2.51. The number of halogens is 5. The molecule has 0 fully saturated rings. The monoisotopic (exact) mass is 343 g/mol. The van der Waals surface area contributed by atoms with Crippen LogP contribution in [0, 0.1) is 29.1 Å². The number of amides is 1. The van der Waals surface area contributed by atoms with Crippen LogP contribution in [0.25, 0.3) is 0 Å². The SMILES string of the molecule is CC[Si](CNC(=O)c1c(F)c(F)c(F)c(F)c1F)(OC)OC. The lowest BCUT2D eigenvalue weighted by molar-refractivity contribution is 0.0940. The van der Waals surface area contributed by atoms with E-state index in [9.17, 15) is 26.7 Å². The number of carbonyl (C=O) groups excluding carboxylic acids is 1. The van der Waals surface area contributed by atoms with Crippen LogP contribution in [0.2, 0.25) is 6.04 Å². The Morgan fingerprint density at radius 3 is 1.73 bits per heavy atom. The Bertz CT molecular complexity index is 543. The Labute approximate surface area is 124 Å². The molecule has 1 amide bonds. The zero-order chi connectivity index (χ0) is 17.1. The number of nitrogens with one attached hydrogen (secondary N) is 1. The first-order chi connectivity index (χ1) is 10.2. The molecule has 0 heterocycles. The fourth-order valence-corrected chi connectivity index (χ4v) is 3.46. The van der Waals surface area contributed by atoms with Gasteiger partial charge < -0.3 is 14.2 Å². The van der Waals surface area contributed by atoms with Crippen LogP contribution < -0.4 is 5.32 Å². The third-order valence-corrected chi connectivity index (χ3v) is 6.52. The molecule has 10 heteroatoms. The lowest BCUT2D eigenvalue weighted by atomic mass is 10.1. The van der Waals surface area contributed by atoms with Crippen molar-refractivity contribution >= 4 is 14.5 Å². The van der Waals surface area contributed by atoms with Gasteiger partial charge in [-0.05, 0) is 6.04 Å². The van der Waals surface area contributed by atoms with Crippen molar-refractivity contribution in [2.24, 2.45) is 0 Å². The van der Waals surface area contributed by atoms with Gasteiger partial charge in [-0.15, -0.1) is 0 Å². The molecular weight excluding hydrogens is 329 g/mol. The molecule has 0 spiro atoms. The number of hydrogen-bond donors (Lipinski definition) is 1. The van der Waals surface area contributed by atoms with E-state index in [2.05, 4.69) is 5.32 Å². The molecule has 0 atom stereocenters. The lowest BCUT2D eigenvalue weighted by Gasteiger charge is -2.26. The molecule has 0 aliphatic rings. The van der Waals surface area contributed by atoms with E-state index >= 15 is 0 Å². The second kappa shape index (κ2) is 7.16. The first-order valence-corrected chi connectivity index (χ1v) is 8.37. The van der Waals surface area contributed by atoms with E-state index in [1.807, 2.05) is 0 Å². The predicted octanol–water partition coefficient (Wildman–Crippen LogP) is 2.41. The number of benzene rings is 1. The van der Waals surface area contributed by atoms with E-state index in [-0.39, 0.29) is 6.17 Å². The molecule has 0 aliphatic carbocycles. The van der Waals surface area contributed by atoms with E-state index in [0.29, 0.717) is 6.04 Å². The molecule has 0 saturated heterocycles. The average molecular weight is 343 g/mol. The summed E-state index contributed by atoms with van der Waals surface area (Å²) in [5.41, 5.74) is -1.54. The Hall–Kier alpha value is -1.52. The third-order valence-electron chi connectivity index (χ3n) is 3.24. The molecule has 4 nitrogen and oxygen atoms in total. The van der Waals surface area contributed by atoms with Crippen LogP contribution in [0.15, 0.2) is 0 Å². The van der Waals surface area contributed by atoms with Crippen molar-refractivity contribution in [2.45, 2.75) is 13.0 Å². The van der Waals surface area contributed by atoms with Gasteiger partial charge in [-0.2, -0.15) is 0 Å². The van der Waals surface area contributed by atoms with Crippen LogP contribution in [0.1, 0.15) is 17.3 Å². The third kappa shape index (κ3) is 3.28. The normalized spacial score (nSPS) is 11.6. The Kier molecular flexibility index (Phi) is 6.03. The van der Waals surface area contributed by atoms with Crippen LogP contribution in [0.4, 0.5) is 22.0 Å². The smallest absolute Gasteiger partial charge is 0.357 e. The molecule has 1 aromatic rings. The van der Waals surface area contributed by atoms with Crippen molar-refractivity contribution in [1.82, 2.24) is 5.32 Å². The Morgan fingerprint density at radius 2 is 1.36 bits per heavy atom. The highest BCUT2D eigenvalue weighted by Crippen LogP contribution is 2.23. The van der Waals surface area contributed by atoms with Gasteiger partial charge in [0, 0.05) is 14.2 Å². The van der Waals surface area contributed by atoms with Gasteiger partial charge >= 0.3 is 8.56 Å². The summed E-state index contributed by atoms with van der Waals surface area (Å²) in [7, 11) is -0.150. The zero-order valence-corrected chi connectivity index (χ0v) is 13.0. The number of rotatable bonds is 6. The van der Waals surface area contributed by atoms with Crippen LogP contribution in [-0.2, 0) is 8.85 Å². The van der Waals surface area contributed by atoms with E-state index in [4.69, 9.17) is 8.85 Å². The molecule has 1 N–H and O–H groups in total. The van der Waals surface area contributed by atoms with E-state index < -0.39 is 49.1 Å². The van der Waals surface area contributed by atoms with Crippen LogP contribution in [-0.4, -0.2) is 34.9 Å². The van der Waals surface area contributed by atoms with Gasteiger partial charge in [0.05, 0.1) is 6.17 Å². The second-order valence-electron chi connectivity index (χ2n) is 4.30. The van der Waals surface area contributed by atoms with E-state index in [0.717, 1.165) is 0 Å². The van der Waals surface area contributed by atoms with Gasteiger partial charge in [0.1, 0.15) is 5.56 Å². The summed E-state index contributed by atoms with van der Waals surface area (Å²) >= 11 is 0. The minimum Gasteiger partial charge on any atom is -0.397 e. The number of carbonyl (C=O) groups is 1. The molecule has 22 heavy (non-hydrogen) atoms. The standard InChI is InChI=1S/C12H14F5NO3Si/c1-4-22(20-2,21-3)5-18-12(19)6-7(13)9(15)11(17)10(16)8(6)14/h4-5H2,1-3H3,(H,18,19). The molecule has 0 unspecified atom stereocenters. The van der Waals surface area contributed by atoms with Crippen molar-refractivity contribution in [1.29, 1.82) is 0 Å². The zero-order valence-electron chi connectivity index (χ0n) is 12.0. The largest absolute Gasteiger partial charge is 0.397 e. The van der Waals surface area contributed by atoms with Crippen LogP contribution in [0.5, 0.6) is 0 Å². The molecule has 0 saturated carbocycles. The summed E-state index contributed by atoms with van der Waals surface area (Å²) < 4.78 is 76.3. The summed E-state index contributed by atoms with van der Waals surface area (Å²) in [5.74, 6) is -12.5. The summed E-state index contributed by atoms with van der Waals surface area (Å²) in [6, 6.07) is 0.400. The maximum atomic E-state index is 13.5. The van der Waals surface area contributed by atoms with E-state index in [1.165, 1.54) is 14.2 Å². The highest BCUT2D eigenvalue weighted by molar-refractivity contribution is 6.67. The molecule has 124 valence electrons.